The number of rotatable bonds is 3. The lowest BCUT2D eigenvalue weighted by Gasteiger charge is -2.21. The van der Waals surface area contributed by atoms with Gasteiger partial charge in [0.1, 0.15) is 5.82 Å². The summed E-state index contributed by atoms with van der Waals surface area (Å²) in [6.45, 7) is 2.19. The number of amides is 2. The molecule has 1 aromatic carbocycles. The zero-order valence-electron chi connectivity index (χ0n) is 12.6. The SMILES string of the molecule is CNCC1CCN(C(=O)c2cc3c(cc2F)NC(=O)CC3)C1. The molecule has 1 unspecified atom stereocenters. The molecular weight excluding hydrogens is 285 g/mol. The van der Waals surface area contributed by atoms with E-state index in [9.17, 15) is 14.0 Å². The lowest BCUT2D eigenvalue weighted by molar-refractivity contribution is -0.116. The van der Waals surface area contributed by atoms with Crippen LogP contribution in [0.4, 0.5) is 10.1 Å². The van der Waals surface area contributed by atoms with Crippen LogP contribution >= 0.6 is 0 Å². The molecule has 1 saturated heterocycles. The average Bonchev–Trinajstić information content (AvgIpc) is 2.95. The topological polar surface area (TPSA) is 61.4 Å². The summed E-state index contributed by atoms with van der Waals surface area (Å²) in [6, 6.07) is 2.86. The number of carbonyl (C=O) groups is 2. The summed E-state index contributed by atoms with van der Waals surface area (Å²) in [7, 11) is 1.89. The molecule has 6 heteroatoms. The van der Waals surface area contributed by atoms with Crippen molar-refractivity contribution in [1.82, 2.24) is 10.2 Å². The Labute approximate surface area is 128 Å². The molecule has 1 fully saturated rings. The normalized spacial score (nSPS) is 20.7. The van der Waals surface area contributed by atoms with Gasteiger partial charge in [0.15, 0.2) is 0 Å². The monoisotopic (exact) mass is 305 g/mol. The van der Waals surface area contributed by atoms with Gasteiger partial charge in [0, 0.05) is 25.2 Å². The first kappa shape index (κ1) is 15.0. The van der Waals surface area contributed by atoms with Gasteiger partial charge >= 0.3 is 0 Å². The minimum atomic E-state index is -0.567. The molecular formula is C16H20FN3O2. The maximum Gasteiger partial charge on any atom is 0.256 e. The largest absolute Gasteiger partial charge is 0.338 e. The molecule has 5 nitrogen and oxygen atoms in total. The van der Waals surface area contributed by atoms with Crippen molar-refractivity contribution < 1.29 is 14.0 Å². The summed E-state index contributed by atoms with van der Waals surface area (Å²) >= 11 is 0. The van der Waals surface area contributed by atoms with Crippen LogP contribution in [0.25, 0.3) is 0 Å². The molecule has 0 radical (unpaired) electrons. The van der Waals surface area contributed by atoms with E-state index in [2.05, 4.69) is 10.6 Å². The van der Waals surface area contributed by atoms with Gasteiger partial charge in [0.25, 0.3) is 5.91 Å². The zero-order valence-corrected chi connectivity index (χ0v) is 12.6. The molecule has 0 saturated carbocycles. The van der Waals surface area contributed by atoms with Gasteiger partial charge in [0.2, 0.25) is 5.91 Å². The quantitative estimate of drug-likeness (QED) is 0.887. The number of nitrogens with zero attached hydrogens (tertiary/aromatic N) is 1. The smallest absolute Gasteiger partial charge is 0.256 e. The van der Waals surface area contributed by atoms with Gasteiger partial charge in [-0.1, -0.05) is 0 Å². The van der Waals surface area contributed by atoms with Gasteiger partial charge in [-0.25, -0.2) is 4.39 Å². The molecule has 0 aliphatic carbocycles. The van der Waals surface area contributed by atoms with E-state index in [0.29, 0.717) is 37.5 Å². The predicted octanol–water partition coefficient (Wildman–Crippen LogP) is 1.39. The Balaban J connectivity index is 1.80. The van der Waals surface area contributed by atoms with Crippen molar-refractivity contribution in [3.05, 3.63) is 29.1 Å². The first-order valence-corrected chi connectivity index (χ1v) is 7.64. The maximum atomic E-state index is 14.2. The summed E-state index contributed by atoms with van der Waals surface area (Å²) in [4.78, 5) is 25.6. The van der Waals surface area contributed by atoms with Gasteiger partial charge < -0.3 is 15.5 Å². The highest BCUT2D eigenvalue weighted by molar-refractivity contribution is 5.98. The van der Waals surface area contributed by atoms with Crippen molar-refractivity contribution >= 4 is 17.5 Å². The Morgan fingerprint density at radius 2 is 2.27 bits per heavy atom. The Bertz CT molecular complexity index is 618. The van der Waals surface area contributed by atoms with Crippen molar-refractivity contribution in [3.8, 4) is 0 Å². The third-order valence-corrected chi connectivity index (χ3v) is 4.38. The molecule has 22 heavy (non-hydrogen) atoms. The van der Waals surface area contributed by atoms with Gasteiger partial charge in [-0.15, -0.1) is 0 Å². The molecule has 3 rings (SSSR count). The lowest BCUT2D eigenvalue weighted by atomic mass is 9.99. The molecule has 2 aliphatic rings. The van der Waals surface area contributed by atoms with E-state index < -0.39 is 5.82 Å². The number of benzene rings is 1. The van der Waals surface area contributed by atoms with E-state index in [4.69, 9.17) is 0 Å². The second-order valence-corrected chi connectivity index (χ2v) is 6.00. The van der Waals surface area contributed by atoms with E-state index in [-0.39, 0.29) is 17.4 Å². The maximum absolute atomic E-state index is 14.2. The van der Waals surface area contributed by atoms with Crippen molar-refractivity contribution in [2.45, 2.75) is 19.3 Å². The van der Waals surface area contributed by atoms with Crippen molar-refractivity contribution in [2.75, 3.05) is 32.0 Å². The van der Waals surface area contributed by atoms with Crippen molar-refractivity contribution in [1.29, 1.82) is 0 Å². The fraction of sp³-hybridized carbons (Fsp3) is 0.500. The second-order valence-electron chi connectivity index (χ2n) is 6.00. The van der Waals surface area contributed by atoms with Crippen LogP contribution in [-0.2, 0) is 11.2 Å². The van der Waals surface area contributed by atoms with Crippen LogP contribution in [0.3, 0.4) is 0 Å². The Morgan fingerprint density at radius 1 is 1.45 bits per heavy atom. The molecule has 0 bridgehead atoms. The molecule has 2 heterocycles. The highest BCUT2D eigenvalue weighted by Gasteiger charge is 2.29. The number of nitrogens with one attached hydrogen (secondary N) is 2. The molecule has 0 aromatic heterocycles. The summed E-state index contributed by atoms with van der Waals surface area (Å²) in [5.74, 6) is -0.506. The first-order valence-electron chi connectivity index (χ1n) is 7.64. The number of likely N-dealkylation sites (tertiary alicyclic amines) is 1. The zero-order chi connectivity index (χ0) is 15.7. The molecule has 1 aromatic rings. The minimum Gasteiger partial charge on any atom is -0.338 e. The molecule has 2 N–H and O–H groups in total. The fourth-order valence-electron chi connectivity index (χ4n) is 3.21. The number of anilines is 1. The fourth-order valence-corrected chi connectivity index (χ4v) is 3.21. The van der Waals surface area contributed by atoms with Crippen LogP contribution in [0.5, 0.6) is 0 Å². The van der Waals surface area contributed by atoms with Gasteiger partial charge in [-0.05, 0) is 50.0 Å². The van der Waals surface area contributed by atoms with Crippen molar-refractivity contribution in [3.63, 3.8) is 0 Å². The minimum absolute atomic E-state index is 0.111. The number of halogens is 1. The highest BCUT2D eigenvalue weighted by atomic mass is 19.1. The molecule has 0 spiro atoms. The molecule has 118 valence electrons. The van der Waals surface area contributed by atoms with Crippen LogP contribution < -0.4 is 10.6 Å². The first-order chi connectivity index (χ1) is 10.6. The summed E-state index contributed by atoms with van der Waals surface area (Å²) in [6.07, 6.45) is 1.86. The van der Waals surface area contributed by atoms with Gasteiger partial charge in [-0.2, -0.15) is 0 Å². The van der Waals surface area contributed by atoms with Crippen LogP contribution in [0.2, 0.25) is 0 Å². The van der Waals surface area contributed by atoms with Crippen LogP contribution in [-0.4, -0.2) is 43.4 Å². The van der Waals surface area contributed by atoms with E-state index in [1.807, 2.05) is 7.05 Å². The molecule has 1 atom stereocenters. The third-order valence-electron chi connectivity index (χ3n) is 4.38. The number of hydrogen-bond donors (Lipinski definition) is 2. The highest BCUT2D eigenvalue weighted by Crippen LogP contribution is 2.27. The third kappa shape index (κ3) is 2.83. The Morgan fingerprint density at radius 3 is 3.05 bits per heavy atom. The second kappa shape index (κ2) is 6.04. The van der Waals surface area contributed by atoms with E-state index in [1.165, 1.54) is 6.07 Å². The van der Waals surface area contributed by atoms with E-state index in [1.54, 1.807) is 11.0 Å². The average molecular weight is 305 g/mol. The van der Waals surface area contributed by atoms with E-state index >= 15 is 0 Å². The lowest BCUT2D eigenvalue weighted by Crippen LogP contribution is -2.31. The summed E-state index contributed by atoms with van der Waals surface area (Å²) in [5.41, 5.74) is 1.43. The van der Waals surface area contributed by atoms with Gasteiger partial charge in [0.05, 0.1) is 5.56 Å². The predicted molar refractivity (Wildman–Crippen MR) is 81.3 cm³/mol. The standard InChI is InChI=1S/C16H20FN3O2/c1-18-8-10-4-5-20(9-10)16(22)12-6-11-2-3-15(21)19-14(11)7-13(12)17/h6-7,10,18H,2-5,8-9H2,1H3,(H,19,21). The van der Waals surface area contributed by atoms with Crippen molar-refractivity contribution in [2.24, 2.45) is 5.92 Å². The van der Waals surface area contributed by atoms with Gasteiger partial charge in [-0.3, -0.25) is 9.59 Å². The number of aryl methyl sites for hydroxylation is 1. The Hall–Kier alpha value is -1.95. The van der Waals surface area contributed by atoms with Crippen LogP contribution in [0.15, 0.2) is 12.1 Å². The summed E-state index contributed by atoms with van der Waals surface area (Å²) in [5, 5.41) is 5.76. The number of hydrogen-bond acceptors (Lipinski definition) is 3. The molecule has 2 amide bonds. The summed E-state index contributed by atoms with van der Waals surface area (Å²) < 4.78 is 14.2. The van der Waals surface area contributed by atoms with Crippen LogP contribution in [0, 0.1) is 11.7 Å². The number of carbonyl (C=O) groups excluding carboxylic acids is 2. The van der Waals surface area contributed by atoms with E-state index in [0.717, 1.165) is 18.5 Å². The number of fused-ring (bicyclic) bond motifs is 1. The molecule has 2 aliphatic heterocycles. The van der Waals surface area contributed by atoms with Crippen LogP contribution in [0.1, 0.15) is 28.8 Å². The Kier molecular flexibility index (Phi) is 4.11.